The summed E-state index contributed by atoms with van der Waals surface area (Å²) in [6, 6.07) is 13.2. The van der Waals surface area contributed by atoms with Crippen LogP contribution in [0.5, 0.6) is 23.0 Å². The summed E-state index contributed by atoms with van der Waals surface area (Å²) >= 11 is 0. The molecule has 1 aliphatic rings. The first-order valence-corrected chi connectivity index (χ1v) is 7.70. The molecule has 0 bridgehead atoms. The molecule has 1 saturated heterocycles. The Morgan fingerprint density at radius 1 is 0.913 bits per heavy atom. The third-order valence-corrected chi connectivity index (χ3v) is 3.78. The Bertz CT molecular complexity index is 608. The lowest BCUT2D eigenvalue weighted by molar-refractivity contribution is -0.148. The molecule has 2 unspecified atom stereocenters. The van der Waals surface area contributed by atoms with Crippen molar-refractivity contribution in [1.29, 1.82) is 0 Å². The van der Waals surface area contributed by atoms with Gasteiger partial charge in [0, 0.05) is 0 Å². The average molecular weight is 316 g/mol. The highest BCUT2D eigenvalue weighted by Crippen LogP contribution is 2.26. The molecule has 2 atom stereocenters. The number of hydrogen-bond donors (Lipinski definition) is 2. The summed E-state index contributed by atoms with van der Waals surface area (Å²) in [6.07, 6.45) is 1.56. The van der Waals surface area contributed by atoms with Crippen molar-refractivity contribution < 1.29 is 24.4 Å². The Morgan fingerprint density at radius 2 is 1.52 bits per heavy atom. The third-order valence-electron chi connectivity index (χ3n) is 3.78. The van der Waals surface area contributed by atoms with E-state index in [9.17, 15) is 10.2 Å². The summed E-state index contributed by atoms with van der Waals surface area (Å²) in [5, 5.41) is 18.6. The number of benzene rings is 2. The maximum Gasteiger partial charge on any atom is 0.205 e. The highest BCUT2D eigenvalue weighted by molar-refractivity contribution is 5.31. The Labute approximate surface area is 135 Å². The van der Waals surface area contributed by atoms with Crippen LogP contribution in [-0.4, -0.2) is 29.7 Å². The van der Waals surface area contributed by atoms with E-state index in [4.69, 9.17) is 14.2 Å². The largest absolute Gasteiger partial charge is 0.508 e. The molecule has 1 fully saturated rings. The summed E-state index contributed by atoms with van der Waals surface area (Å²) < 4.78 is 17.4. The maximum atomic E-state index is 9.32. The second-order valence-corrected chi connectivity index (χ2v) is 5.56. The molecule has 2 aromatic carbocycles. The minimum Gasteiger partial charge on any atom is -0.508 e. The van der Waals surface area contributed by atoms with Crippen LogP contribution in [0.25, 0.3) is 0 Å². The Hall–Kier alpha value is -2.40. The van der Waals surface area contributed by atoms with Crippen molar-refractivity contribution in [2.45, 2.75) is 19.1 Å². The van der Waals surface area contributed by atoms with Gasteiger partial charge < -0.3 is 24.4 Å². The highest BCUT2D eigenvalue weighted by Gasteiger charge is 2.28. The van der Waals surface area contributed by atoms with Crippen LogP contribution in [-0.2, 0) is 4.74 Å². The SMILES string of the molecule is Oc1ccc(OCC2CCCOC2Oc2ccc(O)cc2)cc1. The molecule has 0 radical (unpaired) electrons. The number of aromatic hydroxyl groups is 2. The first kappa shape index (κ1) is 15.5. The smallest absolute Gasteiger partial charge is 0.205 e. The van der Waals surface area contributed by atoms with Crippen LogP contribution in [0.2, 0.25) is 0 Å². The van der Waals surface area contributed by atoms with Crippen molar-refractivity contribution in [3.63, 3.8) is 0 Å². The van der Waals surface area contributed by atoms with Gasteiger partial charge in [0.05, 0.1) is 19.1 Å². The standard InChI is InChI=1S/C18H20O5/c19-14-3-7-16(8-4-14)22-12-13-2-1-11-21-18(13)23-17-9-5-15(20)6-10-17/h3-10,13,18-20H,1-2,11-12H2. The van der Waals surface area contributed by atoms with Gasteiger partial charge in [0.1, 0.15) is 23.0 Å². The van der Waals surface area contributed by atoms with E-state index in [-0.39, 0.29) is 23.7 Å². The van der Waals surface area contributed by atoms with E-state index >= 15 is 0 Å². The zero-order valence-electron chi connectivity index (χ0n) is 12.7. The summed E-state index contributed by atoms with van der Waals surface area (Å²) in [6.45, 7) is 1.14. The van der Waals surface area contributed by atoms with E-state index in [1.807, 2.05) is 0 Å². The number of hydrogen-bond acceptors (Lipinski definition) is 5. The molecule has 0 aromatic heterocycles. The van der Waals surface area contributed by atoms with Gasteiger partial charge in [-0.1, -0.05) is 0 Å². The van der Waals surface area contributed by atoms with Crippen LogP contribution < -0.4 is 9.47 Å². The maximum absolute atomic E-state index is 9.32. The van der Waals surface area contributed by atoms with Crippen LogP contribution in [0, 0.1) is 5.92 Å². The molecule has 23 heavy (non-hydrogen) atoms. The fourth-order valence-corrected chi connectivity index (χ4v) is 2.51. The highest BCUT2D eigenvalue weighted by atomic mass is 16.7. The van der Waals surface area contributed by atoms with E-state index in [2.05, 4.69) is 0 Å². The Balaban J connectivity index is 1.59. The first-order valence-electron chi connectivity index (χ1n) is 7.70. The third kappa shape index (κ3) is 4.29. The Kier molecular flexibility index (Phi) is 4.88. The predicted octanol–water partition coefficient (Wildman–Crippen LogP) is 3.31. The van der Waals surface area contributed by atoms with Gasteiger partial charge in [-0.05, 0) is 61.4 Å². The topological polar surface area (TPSA) is 68.2 Å². The molecule has 5 nitrogen and oxygen atoms in total. The van der Waals surface area contributed by atoms with Crippen LogP contribution in [0.1, 0.15) is 12.8 Å². The van der Waals surface area contributed by atoms with Crippen LogP contribution in [0.15, 0.2) is 48.5 Å². The van der Waals surface area contributed by atoms with Crippen molar-refractivity contribution in [3.05, 3.63) is 48.5 Å². The summed E-state index contributed by atoms with van der Waals surface area (Å²) in [4.78, 5) is 0. The number of rotatable bonds is 5. The van der Waals surface area contributed by atoms with E-state index < -0.39 is 0 Å². The van der Waals surface area contributed by atoms with Crippen molar-refractivity contribution in [3.8, 4) is 23.0 Å². The van der Waals surface area contributed by atoms with Crippen LogP contribution in [0.3, 0.4) is 0 Å². The lowest BCUT2D eigenvalue weighted by Crippen LogP contribution is -2.37. The van der Waals surface area contributed by atoms with Gasteiger partial charge in [0.2, 0.25) is 6.29 Å². The Morgan fingerprint density at radius 3 is 2.17 bits per heavy atom. The molecule has 1 aliphatic heterocycles. The molecular formula is C18H20O5. The molecule has 5 heteroatoms. The van der Waals surface area contributed by atoms with Gasteiger partial charge in [-0.2, -0.15) is 0 Å². The summed E-state index contributed by atoms with van der Waals surface area (Å²) in [5.74, 6) is 1.90. The molecule has 1 heterocycles. The summed E-state index contributed by atoms with van der Waals surface area (Å²) in [7, 11) is 0. The molecule has 0 saturated carbocycles. The van der Waals surface area contributed by atoms with Crippen molar-refractivity contribution >= 4 is 0 Å². The van der Waals surface area contributed by atoms with Gasteiger partial charge in [-0.15, -0.1) is 0 Å². The normalized spacial score (nSPS) is 20.9. The van der Waals surface area contributed by atoms with E-state index in [0.717, 1.165) is 12.8 Å². The molecule has 0 amide bonds. The first-order chi connectivity index (χ1) is 11.2. The average Bonchev–Trinajstić information content (AvgIpc) is 2.58. The predicted molar refractivity (Wildman–Crippen MR) is 84.8 cm³/mol. The zero-order valence-corrected chi connectivity index (χ0v) is 12.7. The second-order valence-electron chi connectivity index (χ2n) is 5.56. The molecular weight excluding hydrogens is 296 g/mol. The zero-order chi connectivity index (χ0) is 16.1. The van der Waals surface area contributed by atoms with E-state index in [1.54, 1.807) is 48.5 Å². The van der Waals surface area contributed by atoms with Gasteiger partial charge in [-0.3, -0.25) is 0 Å². The van der Waals surface area contributed by atoms with E-state index in [0.29, 0.717) is 24.7 Å². The fourth-order valence-electron chi connectivity index (χ4n) is 2.51. The minimum atomic E-state index is -0.370. The number of phenolic OH excluding ortho intramolecular Hbond substituents is 2. The minimum absolute atomic E-state index is 0.117. The van der Waals surface area contributed by atoms with Crippen molar-refractivity contribution in [1.82, 2.24) is 0 Å². The van der Waals surface area contributed by atoms with Gasteiger partial charge >= 0.3 is 0 Å². The van der Waals surface area contributed by atoms with Crippen molar-refractivity contribution in [2.75, 3.05) is 13.2 Å². The molecule has 0 aliphatic carbocycles. The van der Waals surface area contributed by atoms with Crippen LogP contribution >= 0.6 is 0 Å². The molecule has 0 spiro atoms. The summed E-state index contributed by atoms with van der Waals surface area (Å²) in [5.41, 5.74) is 0. The quantitative estimate of drug-likeness (QED) is 0.886. The molecule has 3 rings (SSSR count). The van der Waals surface area contributed by atoms with Crippen LogP contribution in [0.4, 0.5) is 0 Å². The van der Waals surface area contributed by atoms with Crippen molar-refractivity contribution in [2.24, 2.45) is 5.92 Å². The lowest BCUT2D eigenvalue weighted by atomic mass is 10.0. The molecule has 2 N–H and O–H groups in total. The number of phenols is 2. The fraction of sp³-hybridized carbons (Fsp3) is 0.333. The molecule has 2 aromatic rings. The van der Waals surface area contributed by atoms with Gasteiger partial charge in [0.25, 0.3) is 0 Å². The van der Waals surface area contributed by atoms with E-state index in [1.165, 1.54) is 0 Å². The second kappa shape index (κ2) is 7.24. The van der Waals surface area contributed by atoms with Gasteiger partial charge in [-0.25, -0.2) is 0 Å². The lowest BCUT2D eigenvalue weighted by Gasteiger charge is -2.31. The number of ether oxygens (including phenoxy) is 3. The monoisotopic (exact) mass is 316 g/mol. The molecule has 122 valence electrons. The van der Waals surface area contributed by atoms with Gasteiger partial charge in [0.15, 0.2) is 0 Å².